The molecule has 1 aliphatic heterocycles. The van der Waals surface area contributed by atoms with Gasteiger partial charge >= 0.3 is 7.12 Å². The first kappa shape index (κ1) is 18.4. The topological polar surface area (TPSA) is 62.1 Å². The highest BCUT2D eigenvalue weighted by atomic mass is 35.5. The second-order valence-electron chi connectivity index (χ2n) is 6.90. The van der Waals surface area contributed by atoms with E-state index in [2.05, 4.69) is 27.9 Å². The summed E-state index contributed by atoms with van der Waals surface area (Å²) in [6.45, 7) is 8.11. The van der Waals surface area contributed by atoms with Gasteiger partial charge in [0.05, 0.1) is 17.4 Å². The molecule has 2 aromatic rings. The Balaban J connectivity index is 1.83. The lowest BCUT2D eigenvalue weighted by Gasteiger charge is -2.32. The molecule has 132 valence electrons. The Kier molecular flexibility index (Phi) is 4.98. The first-order valence-corrected chi connectivity index (χ1v) is 8.94. The zero-order valence-electron chi connectivity index (χ0n) is 14.6. The second kappa shape index (κ2) is 6.76. The van der Waals surface area contributed by atoms with Gasteiger partial charge in [0.25, 0.3) is 0 Å². The molecule has 0 spiro atoms. The molecule has 2 aromatic heterocycles. The molecule has 0 unspecified atom stereocenters. The summed E-state index contributed by atoms with van der Waals surface area (Å²) in [6, 6.07) is 3.42. The maximum atomic E-state index is 6.09. The lowest BCUT2D eigenvalue weighted by Crippen LogP contribution is -2.41. The van der Waals surface area contributed by atoms with Crippen LogP contribution < -0.4 is 0 Å². The van der Waals surface area contributed by atoms with Crippen LogP contribution in [-0.2, 0) is 9.31 Å². The van der Waals surface area contributed by atoms with E-state index in [4.69, 9.17) is 20.9 Å². The minimum Gasteiger partial charge on any atom is -0.400 e. The predicted molar refractivity (Wildman–Crippen MR) is 102 cm³/mol. The van der Waals surface area contributed by atoms with Crippen LogP contribution in [0, 0.1) is 0 Å². The fraction of sp³-hybridized carbons (Fsp3) is 0.438. The van der Waals surface area contributed by atoms with Gasteiger partial charge in [0, 0.05) is 17.5 Å². The summed E-state index contributed by atoms with van der Waals surface area (Å²) in [6.07, 6.45) is 5.57. The Hall–Kier alpha value is -1.35. The van der Waals surface area contributed by atoms with Crippen LogP contribution in [0.15, 0.2) is 30.0 Å². The molecule has 0 saturated carbocycles. The van der Waals surface area contributed by atoms with Gasteiger partial charge in [-0.1, -0.05) is 17.7 Å². The first-order chi connectivity index (χ1) is 11.7. The van der Waals surface area contributed by atoms with Crippen LogP contribution in [0.3, 0.4) is 0 Å². The summed E-state index contributed by atoms with van der Waals surface area (Å²) < 4.78 is 13.8. The molecule has 1 aliphatic rings. The highest BCUT2D eigenvalue weighted by molar-refractivity contribution is 7.80. The maximum Gasteiger partial charge on any atom is 0.491 e. The number of hydrogen-bond donors (Lipinski definition) is 1. The zero-order valence-corrected chi connectivity index (χ0v) is 16.3. The Labute approximate surface area is 158 Å². The summed E-state index contributed by atoms with van der Waals surface area (Å²) in [7, 11) is -0.429. The van der Waals surface area contributed by atoms with E-state index < -0.39 is 7.12 Å². The van der Waals surface area contributed by atoms with E-state index in [1.54, 1.807) is 23.0 Å². The molecule has 6 nitrogen and oxygen atoms in total. The van der Waals surface area contributed by atoms with Crippen LogP contribution in [0.25, 0.3) is 11.9 Å². The van der Waals surface area contributed by atoms with Crippen molar-refractivity contribution in [2.75, 3.05) is 5.75 Å². The largest absolute Gasteiger partial charge is 0.491 e. The lowest BCUT2D eigenvalue weighted by atomic mass is 9.78. The number of thiol groups is 1. The van der Waals surface area contributed by atoms with Crippen molar-refractivity contribution in [3.8, 4) is 5.82 Å². The molecule has 3 heterocycles. The van der Waals surface area contributed by atoms with E-state index in [0.29, 0.717) is 16.7 Å². The molecule has 0 aliphatic carbocycles. The SMILES string of the molecule is CC1(C)OB(C(=Cc2cnn(-c3ccc(Cl)nn3)c2)CS)OC1(C)C. The lowest BCUT2D eigenvalue weighted by molar-refractivity contribution is 0.00578. The minimum absolute atomic E-state index is 0.342. The van der Waals surface area contributed by atoms with Gasteiger partial charge in [-0.25, -0.2) is 4.68 Å². The summed E-state index contributed by atoms with van der Waals surface area (Å²) in [5.41, 5.74) is 1.06. The molecular formula is C16H20BClN4O2S. The van der Waals surface area contributed by atoms with E-state index in [9.17, 15) is 0 Å². The van der Waals surface area contributed by atoms with Gasteiger partial charge in [-0.05, 0) is 45.3 Å². The quantitative estimate of drug-likeness (QED) is 0.653. The van der Waals surface area contributed by atoms with Crippen molar-refractivity contribution in [2.45, 2.75) is 38.9 Å². The Bertz CT molecular complexity index is 776. The fourth-order valence-corrected chi connectivity index (χ4v) is 2.71. The van der Waals surface area contributed by atoms with Crippen LogP contribution >= 0.6 is 24.2 Å². The monoisotopic (exact) mass is 378 g/mol. The van der Waals surface area contributed by atoms with Crippen LogP contribution in [0.2, 0.25) is 5.15 Å². The predicted octanol–water partition coefficient (Wildman–Crippen LogP) is 3.26. The average molecular weight is 379 g/mol. The van der Waals surface area contributed by atoms with E-state index in [0.717, 1.165) is 11.0 Å². The van der Waals surface area contributed by atoms with E-state index in [1.165, 1.54) is 0 Å². The molecule has 1 fully saturated rings. The van der Waals surface area contributed by atoms with Crippen molar-refractivity contribution in [1.29, 1.82) is 0 Å². The summed E-state index contributed by atoms with van der Waals surface area (Å²) in [5, 5.41) is 12.5. The highest BCUT2D eigenvalue weighted by Crippen LogP contribution is 2.39. The van der Waals surface area contributed by atoms with Gasteiger partial charge < -0.3 is 9.31 Å². The number of rotatable bonds is 4. The molecule has 0 radical (unpaired) electrons. The number of nitrogens with zero attached hydrogens (tertiary/aromatic N) is 4. The van der Waals surface area contributed by atoms with Gasteiger partial charge in [-0.3, -0.25) is 0 Å². The summed E-state index contributed by atoms with van der Waals surface area (Å²) in [4.78, 5) is 0. The Morgan fingerprint density at radius 1 is 1.24 bits per heavy atom. The van der Waals surface area contributed by atoms with E-state index in [-0.39, 0.29) is 11.2 Å². The molecule has 0 atom stereocenters. The van der Waals surface area contributed by atoms with Gasteiger partial charge in [0.1, 0.15) is 0 Å². The van der Waals surface area contributed by atoms with Gasteiger partial charge in [-0.15, -0.1) is 10.2 Å². The second-order valence-corrected chi connectivity index (χ2v) is 7.60. The number of halogens is 1. The van der Waals surface area contributed by atoms with Gasteiger partial charge in [-0.2, -0.15) is 17.7 Å². The van der Waals surface area contributed by atoms with Crippen molar-refractivity contribution in [1.82, 2.24) is 20.0 Å². The van der Waals surface area contributed by atoms with Gasteiger partial charge in [0.15, 0.2) is 11.0 Å². The third-order valence-electron chi connectivity index (χ3n) is 4.55. The fourth-order valence-electron chi connectivity index (χ4n) is 2.36. The Morgan fingerprint density at radius 2 is 1.92 bits per heavy atom. The van der Waals surface area contributed by atoms with Crippen molar-refractivity contribution >= 4 is 37.4 Å². The standard InChI is InChI=1S/C16H20BClN4O2S/c1-15(2)16(3,4)24-17(23-15)12(10-25)7-11-8-19-22(9-11)14-6-5-13(18)20-21-14/h5-9,25H,10H2,1-4H3. The first-order valence-electron chi connectivity index (χ1n) is 7.93. The van der Waals surface area contributed by atoms with E-state index >= 15 is 0 Å². The van der Waals surface area contributed by atoms with E-state index in [1.807, 2.05) is 40.0 Å². The molecule has 3 rings (SSSR count). The van der Waals surface area contributed by atoms with Crippen LogP contribution in [0.1, 0.15) is 33.3 Å². The van der Waals surface area contributed by atoms with Gasteiger partial charge in [0.2, 0.25) is 0 Å². The molecule has 9 heteroatoms. The molecule has 25 heavy (non-hydrogen) atoms. The average Bonchev–Trinajstić information content (AvgIpc) is 3.08. The highest BCUT2D eigenvalue weighted by Gasteiger charge is 2.52. The third kappa shape index (κ3) is 3.77. The van der Waals surface area contributed by atoms with Crippen LogP contribution in [0.4, 0.5) is 0 Å². The number of hydrogen-bond acceptors (Lipinski definition) is 6. The molecule has 0 bridgehead atoms. The van der Waals surface area contributed by atoms with Crippen molar-refractivity contribution in [2.24, 2.45) is 0 Å². The number of aromatic nitrogens is 4. The molecule has 1 saturated heterocycles. The molecule has 0 amide bonds. The van der Waals surface area contributed by atoms with Crippen molar-refractivity contribution in [3.05, 3.63) is 40.7 Å². The van der Waals surface area contributed by atoms with Crippen molar-refractivity contribution in [3.63, 3.8) is 0 Å². The molecule has 0 aromatic carbocycles. The van der Waals surface area contributed by atoms with Crippen LogP contribution in [-0.4, -0.2) is 44.1 Å². The third-order valence-corrected chi connectivity index (χ3v) is 5.11. The van der Waals surface area contributed by atoms with Crippen LogP contribution in [0.5, 0.6) is 0 Å². The smallest absolute Gasteiger partial charge is 0.400 e. The zero-order chi connectivity index (χ0) is 18.2. The Morgan fingerprint density at radius 3 is 2.48 bits per heavy atom. The van der Waals surface area contributed by atoms with Crippen molar-refractivity contribution < 1.29 is 9.31 Å². The minimum atomic E-state index is -0.429. The summed E-state index contributed by atoms with van der Waals surface area (Å²) >= 11 is 10.2. The summed E-state index contributed by atoms with van der Waals surface area (Å²) in [5.74, 6) is 1.11. The normalized spacial score (nSPS) is 19.4. The molecule has 0 N–H and O–H groups in total. The maximum absolute atomic E-state index is 6.09. The molecular weight excluding hydrogens is 359 g/mol.